The molecule has 1 aromatic heterocycles. The summed E-state index contributed by atoms with van der Waals surface area (Å²) in [4.78, 5) is 12.3. The molecule has 5 heteroatoms. The second-order valence-corrected chi connectivity index (χ2v) is 5.95. The highest BCUT2D eigenvalue weighted by Crippen LogP contribution is 2.17. The number of nitrogens with one attached hydrogen (secondary N) is 1. The van der Waals surface area contributed by atoms with Crippen molar-refractivity contribution in [3.63, 3.8) is 0 Å². The van der Waals surface area contributed by atoms with Gasteiger partial charge in [-0.3, -0.25) is 4.79 Å². The van der Waals surface area contributed by atoms with Gasteiger partial charge >= 0.3 is 0 Å². The first-order chi connectivity index (χ1) is 10.8. The third-order valence-corrected chi connectivity index (χ3v) is 4.15. The molecular weight excluding hydrogens is 276 g/mol. The van der Waals surface area contributed by atoms with Gasteiger partial charge in [0.05, 0.1) is 12.7 Å². The van der Waals surface area contributed by atoms with Crippen LogP contribution in [0, 0.1) is 0 Å². The molecule has 1 saturated carbocycles. The van der Waals surface area contributed by atoms with Gasteiger partial charge in [0.1, 0.15) is 0 Å². The van der Waals surface area contributed by atoms with Crippen molar-refractivity contribution in [3.05, 3.63) is 47.8 Å². The molecule has 1 N–H and O–H groups in total. The first-order valence-electron chi connectivity index (χ1n) is 8.06. The Hall–Kier alpha value is -2.17. The van der Waals surface area contributed by atoms with E-state index in [1.54, 1.807) is 10.9 Å². The quantitative estimate of drug-likeness (QED) is 0.883. The first-order valence-corrected chi connectivity index (χ1v) is 8.06. The summed E-state index contributed by atoms with van der Waals surface area (Å²) in [6, 6.07) is 10.3. The van der Waals surface area contributed by atoms with Crippen LogP contribution in [0.1, 0.15) is 54.6 Å². The Labute approximate surface area is 130 Å². The van der Waals surface area contributed by atoms with Crippen molar-refractivity contribution in [1.82, 2.24) is 20.3 Å². The molecule has 0 saturated heterocycles. The van der Waals surface area contributed by atoms with E-state index in [9.17, 15) is 4.79 Å². The highest BCUT2D eigenvalue weighted by atomic mass is 16.2. The molecule has 22 heavy (non-hydrogen) atoms. The summed E-state index contributed by atoms with van der Waals surface area (Å²) in [7, 11) is 0. The zero-order chi connectivity index (χ0) is 15.2. The third kappa shape index (κ3) is 3.93. The number of carbonyl (C=O) groups is 1. The van der Waals surface area contributed by atoms with E-state index in [1.165, 1.54) is 25.7 Å². The van der Waals surface area contributed by atoms with Gasteiger partial charge in [-0.1, -0.05) is 61.2 Å². The molecule has 0 radical (unpaired) electrons. The fourth-order valence-electron chi connectivity index (χ4n) is 2.93. The van der Waals surface area contributed by atoms with Crippen molar-refractivity contribution in [2.45, 2.75) is 51.1 Å². The van der Waals surface area contributed by atoms with Gasteiger partial charge in [-0.05, 0) is 18.4 Å². The number of hydrogen-bond donors (Lipinski definition) is 1. The van der Waals surface area contributed by atoms with Crippen LogP contribution in [0.25, 0.3) is 0 Å². The SMILES string of the molecule is O=C(NC1CCCCCC1)c1cn(Cc2ccccc2)nn1. The maximum Gasteiger partial charge on any atom is 0.273 e. The van der Waals surface area contributed by atoms with Crippen molar-refractivity contribution in [2.24, 2.45) is 0 Å². The summed E-state index contributed by atoms with van der Waals surface area (Å²) in [5.41, 5.74) is 1.54. The molecule has 0 atom stereocenters. The average Bonchev–Trinajstić information content (AvgIpc) is 2.85. The molecule has 1 aliphatic rings. The zero-order valence-electron chi connectivity index (χ0n) is 12.7. The van der Waals surface area contributed by atoms with Gasteiger partial charge in [0.2, 0.25) is 0 Å². The molecule has 0 spiro atoms. The smallest absolute Gasteiger partial charge is 0.273 e. The van der Waals surface area contributed by atoms with Gasteiger partial charge in [-0.15, -0.1) is 5.10 Å². The number of hydrogen-bond acceptors (Lipinski definition) is 3. The van der Waals surface area contributed by atoms with Gasteiger partial charge < -0.3 is 5.32 Å². The molecule has 1 amide bonds. The van der Waals surface area contributed by atoms with Crippen LogP contribution in [-0.4, -0.2) is 26.9 Å². The first kappa shape index (κ1) is 14.8. The molecule has 1 aliphatic carbocycles. The van der Waals surface area contributed by atoms with Crippen LogP contribution in [0.15, 0.2) is 36.5 Å². The fraction of sp³-hybridized carbons (Fsp3) is 0.471. The molecule has 1 aromatic carbocycles. The summed E-state index contributed by atoms with van der Waals surface area (Å²) in [6.45, 7) is 0.630. The molecule has 3 rings (SSSR count). The Morgan fingerprint density at radius 3 is 2.59 bits per heavy atom. The summed E-state index contributed by atoms with van der Waals surface area (Å²) < 4.78 is 1.71. The fourth-order valence-corrected chi connectivity index (χ4v) is 2.93. The Morgan fingerprint density at radius 1 is 1.14 bits per heavy atom. The predicted octanol–water partition coefficient (Wildman–Crippen LogP) is 2.78. The maximum atomic E-state index is 12.3. The Kier molecular flexibility index (Phi) is 4.83. The normalized spacial score (nSPS) is 16.2. The van der Waals surface area contributed by atoms with Crippen LogP contribution in [0.4, 0.5) is 0 Å². The van der Waals surface area contributed by atoms with E-state index in [2.05, 4.69) is 15.6 Å². The second-order valence-electron chi connectivity index (χ2n) is 5.95. The zero-order valence-corrected chi connectivity index (χ0v) is 12.7. The van der Waals surface area contributed by atoms with E-state index in [0.29, 0.717) is 12.2 Å². The summed E-state index contributed by atoms with van der Waals surface area (Å²) in [6.07, 6.45) is 8.82. The Bertz CT molecular complexity index is 600. The summed E-state index contributed by atoms with van der Waals surface area (Å²) in [5, 5.41) is 11.1. The molecule has 0 bridgehead atoms. The third-order valence-electron chi connectivity index (χ3n) is 4.15. The van der Waals surface area contributed by atoms with Crippen LogP contribution in [0.5, 0.6) is 0 Å². The predicted molar refractivity (Wildman–Crippen MR) is 84.5 cm³/mol. The van der Waals surface area contributed by atoms with Gasteiger partial charge in [-0.2, -0.15) is 0 Å². The number of aromatic nitrogens is 3. The molecule has 116 valence electrons. The monoisotopic (exact) mass is 298 g/mol. The highest BCUT2D eigenvalue weighted by Gasteiger charge is 2.17. The number of nitrogens with zero attached hydrogens (tertiary/aromatic N) is 3. The molecule has 1 heterocycles. The highest BCUT2D eigenvalue weighted by molar-refractivity contribution is 5.92. The largest absolute Gasteiger partial charge is 0.348 e. The lowest BCUT2D eigenvalue weighted by atomic mass is 10.1. The standard InChI is InChI=1S/C17H22N4O/c22-17(18-15-10-6-1-2-7-11-15)16-13-21(20-19-16)12-14-8-4-3-5-9-14/h3-5,8-9,13,15H,1-2,6-7,10-12H2,(H,18,22). The summed E-state index contributed by atoms with van der Waals surface area (Å²) >= 11 is 0. The van der Waals surface area contributed by atoms with E-state index >= 15 is 0 Å². The van der Waals surface area contributed by atoms with Crippen molar-refractivity contribution < 1.29 is 4.79 Å². The van der Waals surface area contributed by atoms with E-state index in [4.69, 9.17) is 0 Å². The molecule has 0 aliphatic heterocycles. The maximum absolute atomic E-state index is 12.3. The minimum Gasteiger partial charge on any atom is -0.348 e. The topological polar surface area (TPSA) is 59.8 Å². The lowest BCUT2D eigenvalue weighted by Gasteiger charge is -2.14. The van der Waals surface area contributed by atoms with E-state index < -0.39 is 0 Å². The molecule has 1 fully saturated rings. The molecule has 5 nitrogen and oxygen atoms in total. The Morgan fingerprint density at radius 2 is 1.86 bits per heavy atom. The van der Waals surface area contributed by atoms with Crippen molar-refractivity contribution in [2.75, 3.05) is 0 Å². The van der Waals surface area contributed by atoms with Gasteiger partial charge in [0.15, 0.2) is 5.69 Å². The number of amides is 1. The van der Waals surface area contributed by atoms with Crippen LogP contribution in [-0.2, 0) is 6.54 Å². The van der Waals surface area contributed by atoms with Crippen molar-refractivity contribution >= 4 is 5.91 Å². The van der Waals surface area contributed by atoms with Crippen molar-refractivity contribution in [1.29, 1.82) is 0 Å². The van der Waals surface area contributed by atoms with Crippen LogP contribution < -0.4 is 5.32 Å². The Balaban J connectivity index is 1.59. The van der Waals surface area contributed by atoms with Gasteiger partial charge in [-0.25, -0.2) is 4.68 Å². The van der Waals surface area contributed by atoms with Crippen molar-refractivity contribution in [3.8, 4) is 0 Å². The number of benzene rings is 1. The van der Waals surface area contributed by atoms with E-state index in [1.807, 2.05) is 30.3 Å². The van der Waals surface area contributed by atoms with E-state index in [-0.39, 0.29) is 11.9 Å². The van der Waals surface area contributed by atoms with Crippen LogP contribution >= 0.6 is 0 Å². The van der Waals surface area contributed by atoms with Gasteiger partial charge in [0, 0.05) is 6.04 Å². The molecule has 2 aromatic rings. The number of carbonyl (C=O) groups excluding carboxylic acids is 1. The number of rotatable bonds is 4. The lowest BCUT2D eigenvalue weighted by Crippen LogP contribution is -2.34. The van der Waals surface area contributed by atoms with Gasteiger partial charge in [0.25, 0.3) is 5.91 Å². The van der Waals surface area contributed by atoms with E-state index in [0.717, 1.165) is 18.4 Å². The van der Waals surface area contributed by atoms with Crippen LogP contribution in [0.2, 0.25) is 0 Å². The minimum absolute atomic E-state index is 0.105. The second kappa shape index (κ2) is 7.20. The average molecular weight is 298 g/mol. The minimum atomic E-state index is -0.105. The lowest BCUT2D eigenvalue weighted by molar-refractivity contribution is 0.0928. The molecule has 0 unspecified atom stereocenters. The summed E-state index contributed by atoms with van der Waals surface area (Å²) in [5.74, 6) is -0.105. The molecular formula is C17H22N4O. The van der Waals surface area contributed by atoms with Crippen LogP contribution in [0.3, 0.4) is 0 Å².